The molecule has 2 saturated carbocycles. The number of aromatic amines is 1. The van der Waals surface area contributed by atoms with Crippen LogP contribution in [0.3, 0.4) is 0 Å². The summed E-state index contributed by atoms with van der Waals surface area (Å²) in [5.74, 6) is -1.34. The lowest BCUT2D eigenvalue weighted by molar-refractivity contribution is -0.138. The molecule has 10 heteroatoms. The largest absolute Gasteiger partial charge is 0.481 e. The Hall–Kier alpha value is -4.34. The maximum absolute atomic E-state index is 14.1. The summed E-state index contributed by atoms with van der Waals surface area (Å²) in [5, 5.41) is 22.1. The van der Waals surface area contributed by atoms with Gasteiger partial charge in [0.15, 0.2) is 0 Å². The number of carboxylic acid groups (broad SMARTS) is 1. The molecule has 240 valence electrons. The lowest BCUT2D eigenvalue weighted by atomic mass is 9.69. The summed E-state index contributed by atoms with van der Waals surface area (Å²) < 4.78 is 0. The second kappa shape index (κ2) is 12.6. The topological polar surface area (TPSA) is 152 Å². The van der Waals surface area contributed by atoms with Gasteiger partial charge in [0.05, 0.1) is 12.5 Å². The number of rotatable bonds is 12. The van der Waals surface area contributed by atoms with Crippen LogP contribution in [0.1, 0.15) is 77.0 Å². The molecule has 5 rings (SSSR count). The Morgan fingerprint density at radius 3 is 2.40 bits per heavy atom. The Labute approximate surface area is 264 Å². The Morgan fingerprint density at radius 2 is 1.73 bits per heavy atom. The van der Waals surface area contributed by atoms with Crippen molar-refractivity contribution in [3.8, 4) is 0 Å². The van der Waals surface area contributed by atoms with E-state index >= 15 is 0 Å². The standard InChI is InChI=1S/C35H45N5O5/c1-33(2)24-16-17-34(33,3)28(18-24)39-32(45)40-35(4,19-23-20-36-26-13-9-8-12-25(23)26)31(44)37-21-27(22-10-6-5-7-11-22)38-29(41)14-15-30(42)43/h5-13,20,24,27-28,36H,14-19,21H2,1-4H3,(H,37,44)(H,38,41)(H,42,43)(H2,39,40,45). The molecule has 0 aliphatic heterocycles. The average Bonchev–Trinajstić information content (AvgIpc) is 3.57. The number of aliphatic carboxylic acids is 1. The molecule has 2 fully saturated rings. The Bertz CT molecular complexity index is 1570. The van der Waals surface area contributed by atoms with Gasteiger partial charge in [0, 0.05) is 42.5 Å². The van der Waals surface area contributed by atoms with Crippen LogP contribution in [0.25, 0.3) is 10.9 Å². The van der Waals surface area contributed by atoms with Crippen LogP contribution in [-0.4, -0.2) is 52.0 Å². The number of hydrogen-bond donors (Lipinski definition) is 6. The van der Waals surface area contributed by atoms with E-state index in [4.69, 9.17) is 5.11 Å². The van der Waals surface area contributed by atoms with E-state index in [1.54, 1.807) is 6.92 Å². The normalized spacial score (nSPS) is 23.6. The molecule has 5 unspecified atom stereocenters. The number of nitrogens with one attached hydrogen (secondary N) is 5. The van der Waals surface area contributed by atoms with Crippen molar-refractivity contribution in [1.29, 1.82) is 0 Å². The van der Waals surface area contributed by atoms with Crippen molar-refractivity contribution < 1.29 is 24.3 Å². The zero-order valence-electron chi connectivity index (χ0n) is 26.5. The second-order valence-electron chi connectivity index (χ2n) is 13.8. The van der Waals surface area contributed by atoms with Crippen molar-refractivity contribution in [3.05, 3.63) is 71.9 Å². The molecular weight excluding hydrogens is 570 g/mol. The Kier molecular flexibility index (Phi) is 8.96. The van der Waals surface area contributed by atoms with E-state index in [9.17, 15) is 19.2 Å². The maximum Gasteiger partial charge on any atom is 0.315 e. The monoisotopic (exact) mass is 615 g/mol. The molecule has 0 spiro atoms. The van der Waals surface area contributed by atoms with Gasteiger partial charge >= 0.3 is 12.0 Å². The summed E-state index contributed by atoms with van der Waals surface area (Å²) in [6, 6.07) is 16.0. The number of benzene rings is 2. The van der Waals surface area contributed by atoms with Crippen molar-refractivity contribution >= 4 is 34.7 Å². The van der Waals surface area contributed by atoms with Gasteiger partial charge in [-0.25, -0.2) is 4.79 Å². The van der Waals surface area contributed by atoms with Crippen LogP contribution in [0.4, 0.5) is 4.79 Å². The molecule has 0 saturated heterocycles. The molecule has 2 aliphatic rings. The number of H-pyrrole nitrogens is 1. The third-order valence-corrected chi connectivity index (χ3v) is 10.8. The van der Waals surface area contributed by atoms with E-state index in [1.165, 1.54) is 6.42 Å². The fourth-order valence-electron chi connectivity index (χ4n) is 7.52. The van der Waals surface area contributed by atoms with Crippen molar-refractivity contribution in [2.24, 2.45) is 16.7 Å². The zero-order valence-corrected chi connectivity index (χ0v) is 26.5. The molecule has 5 atom stereocenters. The molecule has 1 heterocycles. The predicted molar refractivity (Wildman–Crippen MR) is 172 cm³/mol. The highest BCUT2D eigenvalue weighted by Gasteiger charge is 2.61. The first-order chi connectivity index (χ1) is 21.3. The third kappa shape index (κ3) is 6.55. The highest BCUT2D eigenvalue weighted by molar-refractivity contribution is 5.92. The number of para-hydroxylation sites is 1. The van der Waals surface area contributed by atoms with Crippen molar-refractivity contribution in [2.75, 3.05) is 6.54 Å². The molecule has 1 aromatic heterocycles. The van der Waals surface area contributed by atoms with Gasteiger partial charge in [-0.05, 0) is 60.1 Å². The maximum atomic E-state index is 14.1. The molecule has 2 aliphatic carbocycles. The quantitative estimate of drug-likeness (QED) is 0.173. The minimum Gasteiger partial charge on any atom is -0.481 e. The fraction of sp³-hybridized carbons (Fsp3) is 0.486. The highest BCUT2D eigenvalue weighted by Crippen LogP contribution is 2.65. The molecule has 6 N–H and O–H groups in total. The van der Waals surface area contributed by atoms with Gasteiger partial charge in [-0.15, -0.1) is 0 Å². The number of urea groups is 1. The van der Waals surface area contributed by atoms with Gasteiger partial charge in [0.25, 0.3) is 0 Å². The van der Waals surface area contributed by atoms with Crippen LogP contribution in [0.15, 0.2) is 60.8 Å². The number of fused-ring (bicyclic) bond motifs is 3. The second-order valence-corrected chi connectivity index (χ2v) is 13.8. The van der Waals surface area contributed by atoms with E-state index in [1.807, 2.05) is 60.8 Å². The third-order valence-electron chi connectivity index (χ3n) is 10.8. The summed E-state index contributed by atoms with van der Waals surface area (Å²) in [6.07, 6.45) is 4.77. The molecule has 0 radical (unpaired) electrons. The van der Waals surface area contributed by atoms with Gasteiger partial charge in [0.2, 0.25) is 11.8 Å². The van der Waals surface area contributed by atoms with Crippen LogP contribution < -0.4 is 21.3 Å². The summed E-state index contributed by atoms with van der Waals surface area (Å²) >= 11 is 0. The first-order valence-corrected chi connectivity index (χ1v) is 15.8. The molecule has 45 heavy (non-hydrogen) atoms. The number of carbonyl (C=O) groups excluding carboxylic acids is 3. The lowest BCUT2D eigenvalue weighted by Crippen LogP contribution is -2.62. The summed E-state index contributed by atoms with van der Waals surface area (Å²) in [5.41, 5.74) is 1.35. The first-order valence-electron chi connectivity index (χ1n) is 15.8. The highest BCUT2D eigenvalue weighted by atomic mass is 16.4. The number of amides is 4. The van der Waals surface area contributed by atoms with E-state index in [0.29, 0.717) is 5.92 Å². The van der Waals surface area contributed by atoms with Crippen LogP contribution in [-0.2, 0) is 20.8 Å². The van der Waals surface area contributed by atoms with Crippen molar-refractivity contribution in [1.82, 2.24) is 26.3 Å². The molecular formula is C35H45N5O5. The van der Waals surface area contributed by atoms with E-state index in [2.05, 4.69) is 47.0 Å². The Morgan fingerprint density at radius 1 is 1.02 bits per heavy atom. The van der Waals surface area contributed by atoms with Crippen molar-refractivity contribution in [2.45, 2.75) is 83.8 Å². The van der Waals surface area contributed by atoms with Gasteiger partial charge in [-0.1, -0.05) is 69.3 Å². The van der Waals surface area contributed by atoms with Crippen LogP contribution >= 0.6 is 0 Å². The van der Waals surface area contributed by atoms with Gasteiger partial charge in [-0.3, -0.25) is 14.4 Å². The number of aromatic nitrogens is 1. The summed E-state index contributed by atoms with van der Waals surface area (Å²) in [7, 11) is 0. The molecule has 4 amide bonds. The van der Waals surface area contributed by atoms with Crippen molar-refractivity contribution in [3.63, 3.8) is 0 Å². The number of carbonyl (C=O) groups is 4. The smallest absolute Gasteiger partial charge is 0.315 e. The van der Waals surface area contributed by atoms with Crippen LogP contribution in [0.5, 0.6) is 0 Å². The first kappa shape index (κ1) is 32.1. The van der Waals surface area contributed by atoms with E-state index in [-0.39, 0.29) is 48.7 Å². The minimum atomic E-state index is -1.34. The summed E-state index contributed by atoms with van der Waals surface area (Å²) in [6.45, 7) is 8.62. The van der Waals surface area contributed by atoms with E-state index < -0.39 is 29.4 Å². The molecule has 2 aromatic carbocycles. The van der Waals surface area contributed by atoms with Crippen LogP contribution in [0.2, 0.25) is 0 Å². The molecule has 3 aromatic rings. The summed E-state index contributed by atoms with van der Waals surface area (Å²) in [4.78, 5) is 54.6. The Balaban J connectivity index is 1.35. The lowest BCUT2D eigenvalue weighted by Gasteiger charge is -2.40. The average molecular weight is 616 g/mol. The van der Waals surface area contributed by atoms with Gasteiger partial charge in [0.1, 0.15) is 5.54 Å². The van der Waals surface area contributed by atoms with Gasteiger partial charge in [-0.2, -0.15) is 0 Å². The fourth-order valence-corrected chi connectivity index (χ4v) is 7.52. The minimum absolute atomic E-state index is 0.00938. The predicted octanol–water partition coefficient (Wildman–Crippen LogP) is 4.82. The molecule has 2 bridgehead atoms. The number of carboxylic acids is 1. The zero-order chi connectivity index (χ0) is 32.4. The van der Waals surface area contributed by atoms with E-state index in [0.717, 1.165) is 34.9 Å². The molecule has 10 nitrogen and oxygen atoms in total. The number of hydrogen-bond acceptors (Lipinski definition) is 4. The van der Waals surface area contributed by atoms with Gasteiger partial charge < -0.3 is 31.4 Å². The van der Waals surface area contributed by atoms with Crippen LogP contribution in [0, 0.1) is 16.7 Å². The SMILES string of the molecule is CC(Cc1c[nH]c2ccccc12)(NC(=O)NC1CC2CCC1(C)C2(C)C)C(=O)NCC(NC(=O)CCC(=O)O)c1ccccc1.